The maximum absolute atomic E-state index is 4.40. The van der Waals surface area contributed by atoms with Gasteiger partial charge in [0.1, 0.15) is 0 Å². The van der Waals surface area contributed by atoms with E-state index in [9.17, 15) is 0 Å². The summed E-state index contributed by atoms with van der Waals surface area (Å²) < 4.78 is 0. The first-order valence-corrected chi connectivity index (χ1v) is 5.85. The minimum atomic E-state index is 1.05. The second-order valence-electron chi connectivity index (χ2n) is 4.28. The lowest BCUT2D eigenvalue weighted by Crippen LogP contribution is -1.91. The molecule has 1 aromatic heterocycles. The first-order valence-electron chi connectivity index (χ1n) is 5.85. The molecule has 1 heteroatoms. The van der Waals surface area contributed by atoms with Gasteiger partial charge in [-0.2, -0.15) is 0 Å². The molecule has 0 unspecified atom stereocenters. The van der Waals surface area contributed by atoms with Crippen LogP contribution in [0, 0.1) is 6.92 Å². The summed E-state index contributed by atoms with van der Waals surface area (Å²) in [6.07, 6.45) is 1.84. The molecule has 1 nitrogen and oxygen atoms in total. The highest BCUT2D eigenvalue weighted by Crippen LogP contribution is 2.26. The molecule has 1 aromatic carbocycles. The molecule has 0 aliphatic carbocycles. The first kappa shape index (κ1) is 11.6. The minimum Gasteiger partial charge on any atom is -0.257 e. The molecule has 0 fully saturated rings. The monoisotopic (exact) mass is 223 g/mol. The molecule has 0 spiro atoms. The Balaban J connectivity index is 2.50. The molecular weight excluding hydrogens is 206 g/mol. The van der Waals surface area contributed by atoms with Crippen molar-refractivity contribution in [2.75, 3.05) is 0 Å². The lowest BCUT2D eigenvalue weighted by molar-refractivity contribution is 1.26. The summed E-state index contributed by atoms with van der Waals surface area (Å²) in [5.74, 6) is 0. The summed E-state index contributed by atoms with van der Waals surface area (Å²) in [6, 6.07) is 14.5. The zero-order valence-electron chi connectivity index (χ0n) is 10.6. The fourth-order valence-electron chi connectivity index (χ4n) is 1.97. The lowest BCUT2D eigenvalue weighted by Gasteiger charge is -2.10. The lowest BCUT2D eigenvalue weighted by atomic mass is 9.96. The molecule has 0 aliphatic heterocycles. The van der Waals surface area contributed by atoms with Crippen molar-refractivity contribution in [1.29, 1.82) is 0 Å². The van der Waals surface area contributed by atoms with E-state index in [1.165, 1.54) is 22.3 Å². The summed E-state index contributed by atoms with van der Waals surface area (Å²) in [6.45, 7) is 6.43. The van der Waals surface area contributed by atoms with Gasteiger partial charge in [0, 0.05) is 6.20 Å². The molecule has 0 amide bonds. The van der Waals surface area contributed by atoms with Gasteiger partial charge in [-0.15, -0.1) is 0 Å². The van der Waals surface area contributed by atoms with Crippen LogP contribution >= 0.6 is 0 Å². The Morgan fingerprint density at radius 2 is 1.59 bits per heavy atom. The molecule has 17 heavy (non-hydrogen) atoms. The molecule has 0 N–H and O–H groups in total. The number of allylic oxidation sites excluding steroid dienone is 2. The first-order chi connectivity index (χ1) is 8.20. The molecule has 0 bridgehead atoms. The fraction of sp³-hybridized carbons (Fsp3) is 0.188. The Morgan fingerprint density at radius 1 is 0.882 bits per heavy atom. The third-order valence-corrected chi connectivity index (χ3v) is 3.16. The fourth-order valence-corrected chi connectivity index (χ4v) is 1.97. The van der Waals surface area contributed by atoms with Gasteiger partial charge >= 0.3 is 0 Å². The highest BCUT2D eigenvalue weighted by molar-refractivity contribution is 5.88. The second-order valence-corrected chi connectivity index (χ2v) is 4.28. The summed E-state index contributed by atoms with van der Waals surface area (Å²) in [5.41, 5.74) is 6.19. The predicted molar refractivity (Wildman–Crippen MR) is 73.6 cm³/mol. The molecule has 0 saturated heterocycles. The molecule has 2 rings (SSSR count). The molecule has 2 aromatic rings. The predicted octanol–water partition coefficient (Wildman–Crippen LogP) is 4.34. The Morgan fingerprint density at radius 3 is 2.24 bits per heavy atom. The highest BCUT2D eigenvalue weighted by atomic mass is 14.7. The number of aryl methyl sites for hydroxylation is 1. The van der Waals surface area contributed by atoms with E-state index in [2.05, 4.69) is 56.1 Å². The van der Waals surface area contributed by atoms with Gasteiger partial charge in [0.25, 0.3) is 0 Å². The van der Waals surface area contributed by atoms with Gasteiger partial charge in [0.2, 0.25) is 0 Å². The van der Waals surface area contributed by atoms with Crippen LogP contribution in [0.4, 0.5) is 0 Å². The summed E-state index contributed by atoms with van der Waals surface area (Å²) in [7, 11) is 0. The standard InChI is InChI=1S/C16H17N/c1-12-8-4-5-9-15(12)13(2)14(3)16-10-6-7-11-17-16/h4-11H,1-3H3/b14-13+. The van der Waals surface area contributed by atoms with Crippen molar-refractivity contribution < 1.29 is 0 Å². The van der Waals surface area contributed by atoms with Crippen LogP contribution in [-0.2, 0) is 0 Å². The van der Waals surface area contributed by atoms with Crippen molar-refractivity contribution in [2.45, 2.75) is 20.8 Å². The van der Waals surface area contributed by atoms with E-state index in [1.54, 1.807) is 0 Å². The quantitative estimate of drug-likeness (QED) is 0.738. The van der Waals surface area contributed by atoms with Crippen LogP contribution in [0.15, 0.2) is 48.7 Å². The third kappa shape index (κ3) is 2.44. The van der Waals surface area contributed by atoms with E-state index in [-0.39, 0.29) is 0 Å². The number of hydrogen-bond donors (Lipinski definition) is 0. The Hall–Kier alpha value is -1.89. The van der Waals surface area contributed by atoms with Crippen molar-refractivity contribution in [3.63, 3.8) is 0 Å². The summed E-state index contributed by atoms with van der Waals surface area (Å²) in [5, 5.41) is 0. The van der Waals surface area contributed by atoms with Gasteiger partial charge in [0.15, 0.2) is 0 Å². The summed E-state index contributed by atoms with van der Waals surface area (Å²) >= 11 is 0. The van der Waals surface area contributed by atoms with E-state index in [4.69, 9.17) is 0 Å². The average Bonchev–Trinajstić information content (AvgIpc) is 2.39. The van der Waals surface area contributed by atoms with Gasteiger partial charge < -0.3 is 0 Å². The molecule has 0 radical (unpaired) electrons. The third-order valence-electron chi connectivity index (χ3n) is 3.16. The number of aromatic nitrogens is 1. The molecule has 1 heterocycles. The number of rotatable bonds is 2. The van der Waals surface area contributed by atoms with E-state index in [0.717, 1.165) is 5.69 Å². The van der Waals surface area contributed by atoms with Gasteiger partial charge in [-0.3, -0.25) is 4.98 Å². The van der Waals surface area contributed by atoms with E-state index < -0.39 is 0 Å². The molecular formula is C16H17N. The van der Waals surface area contributed by atoms with Gasteiger partial charge in [-0.05, 0) is 55.2 Å². The van der Waals surface area contributed by atoms with Crippen LogP contribution in [0.1, 0.15) is 30.7 Å². The van der Waals surface area contributed by atoms with Crippen molar-refractivity contribution in [2.24, 2.45) is 0 Å². The zero-order valence-corrected chi connectivity index (χ0v) is 10.6. The maximum atomic E-state index is 4.40. The number of pyridine rings is 1. The van der Waals surface area contributed by atoms with Crippen molar-refractivity contribution in [3.05, 3.63) is 65.5 Å². The number of benzene rings is 1. The maximum Gasteiger partial charge on any atom is 0.0661 e. The molecule has 0 atom stereocenters. The zero-order chi connectivity index (χ0) is 12.3. The van der Waals surface area contributed by atoms with Gasteiger partial charge in [-0.25, -0.2) is 0 Å². The van der Waals surface area contributed by atoms with Gasteiger partial charge in [-0.1, -0.05) is 30.3 Å². The topological polar surface area (TPSA) is 12.9 Å². The van der Waals surface area contributed by atoms with E-state index in [0.29, 0.717) is 0 Å². The Bertz CT molecular complexity index is 538. The smallest absolute Gasteiger partial charge is 0.0661 e. The normalized spacial score (nSPS) is 12.2. The molecule has 0 saturated carbocycles. The minimum absolute atomic E-state index is 1.05. The highest BCUT2D eigenvalue weighted by Gasteiger charge is 2.05. The number of hydrogen-bond acceptors (Lipinski definition) is 1. The van der Waals surface area contributed by atoms with Crippen molar-refractivity contribution in [3.8, 4) is 0 Å². The van der Waals surface area contributed by atoms with Crippen molar-refractivity contribution in [1.82, 2.24) is 4.98 Å². The van der Waals surface area contributed by atoms with E-state index in [1.807, 2.05) is 18.3 Å². The van der Waals surface area contributed by atoms with Gasteiger partial charge in [0.05, 0.1) is 5.69 Å². The van der Waals surface area contributed by atoms with Crippen LogP contribution in [-0.4, -0.2) is 4.98 Å². The molecule has 0 aliphatic rings. The largest absolute Gasteiger partial charge is 0.257 e. The van der Waals surface area contributed by atoms with Crippen LogP contribution in [0.25, 0.3) is 11.1 Å². The van der Waals surface area contributed by atoms with Crippen LogP contribution in [0.3, 0.4) is 0 Å². The Kier molecular flexibility index (Phi) is 3.38. The SMILES string of the molecule is C/C(=C(/C)c1ccccc1C)c1ccccn1. The van der Waals surface area contributed by atoms with Crippen LogP contribution in [0.5, 0.6) is 0 Å². The Labute approximate surface area is 103 Å². The van der Waals surface area contributed by atoms with E-state index >= 15 is 0 Å². The second kappa shape index (κ2) is 4.96. The number of nitrogens with zero attached hydrogens (tertiary/aromatic N) is 1. The van der Waals surface area contributed by atoms with Crippen LogP contribution < -0.4 is 0 Å². The van der Waals surface area contributed by atoms with Crippen molar-refractivity contribution >= 4 is 11.1 Å². The molecule has 86 valence electrons. The average molecular weight is 223 g/mol. The van der Waals surface area contributed by atoms with Crippen LogP contribution in [0.2, 0.25) is 0 Å². The summed E-state index contributed by atoms with van der Waals surface area (Å²) in [4.78, 5) is 4.40.